The summed E-state index contributed by atoms with van der Waals surface area (Å²) in [5, 5.41) is 10.9. The molecule has 0 aromatic carbocycles. The molecule has 2 rings (SSSR count). The van der Waals surface area contributed by atoms with Gasteiger partial charge in [0.15, 0.2) is 11.7 Å². The molecular formula is C20H37N5O. The number of rotatable bonds is 9. The number of guanidine groups is 1. The second-order valence-electron chi connectivity index (χ2n) is 7.32. The van der Waals surface area contributed by atoms with Crippen molar-refractivity contribution in [1.82, 2.24) is 20.7 Å². The van der Waals surface area contributed by atoms with E-state index in [9.17, 15) is 0 Å². The van der Waals surface area contributed by atoms with Crippen molar-refractivity contribution in [2.45, 2.75) is 77.8 Å². The lowest BCUT2D eigenvalue weighted by molar-refractivity contribution is 0.159. The highest BCUT2D eigenvalue weighted by atomic mass is 16.5. The third kappa shape index (κ3) is 6.31. The van der Waals surface area contributed by atoms with Gasteiger partial charge in [-0.05, 0) is 45.6 Å². The molecule has 2 N–H and O–H groups in total. The molecule has 26 heavy (non-hydrogen) atoms. The van der Waals surface area contributed by atoms with Gasteiger partial charge in [0.25, 0.3) is 0 Å². The van der Waals surface area contributed by atoms with Crippen LogP contribution < -0.4 is 10.6 Å². The SMILES string of the molecule is CCC(CC)c1cc(CNC(=NC)NCCCN2CCCCC2C)on1. The van der Waals surface area contributed by atoms with Gasteiger partial charge in [-0.25, -0.2) is 0 Å². The normalized spacial score (nSPS) is 19.1. The minimum atomic E-state index is 0.488. The topological polar surface area (TPSA) is 65.7 Å². The Hall–Kier alpha value is -1.56. The first-order valence-electron chi connectivity index (χ1n) is 10.3. The van der Waals surface area contributed by atoms with Crippen molar-refractivity contribution < 1.29 is 4.52 Å². The number of nitrogens with one attached hydrogen (secondary N) is 2. The fourth-order valence-corrected chi connectivity index (χ4v) is 3.68. The van der Waals surface area contributed by atoms with Crippen LogP contribution in [-0.2, 0) is 6.54 Å². The van der Waals surface area contributed by atoms with Gasteiger partial charge in [0, 0.05) is 38.2 Å². The first-order valence-corrected chi connectivity index (χ1v) is 10.3. The van der Waals surface area contributed by atoms with E-state index in [4.69, 9.17) is 4.52 Å². The van der Waals surface area contributed by atoms with Crippen LogP contribution in [0.4, 0.5) is 0 Å². The quantitative estimate of drug-likeness (QED) is 0.399. The molecule has 1 aromatic heterocycles. The molecular weight excluding hydrogens is 326 g/mol. The van der Waals surface area contributed by atoms with E-state index < -0.39 is 0 Å². The van der Waals surface area contributed by atoms with Crippen LogP contribution in [-0.4, -0.2) is 48.7 Å². The van der Waals surface area contributed by atoms with E-state index in [2.05, 4.69) is 52.5 Å². The van der Waals surface area contributed by atoms with Gasteiger partial charge in [-0.1, -0.05) is 25.4 Å². The molecule has 0 spiro atoms. The molecule has 0 radical (unpaired) electrons. The summed E-state index contributed by atoms with van der Waals surface area (Å²) >= 11 is 0. The van der Waals surface area contributed by atoms with E-state index in [1.165, 1.54) is 25.8 Å². The number of hydrogen-bond acceptors (Lipinski definition) is 4. The molecule has 2 heterocycles. The average molecular weight is 364 g/mol. The Labute approximate surface area is 158 Å². The van der Waals surface area contributed by atoms with Crippen molar-refractivity contribution in [2.75, 3.05) is 26.7 Å². The lowest BCUT2D eigenvalue weighted by atomic mass is 9.99. The van der Waals surface area contributed by atoms with Crippen LogP contribution in [0.25, 0.3) is 0 Å². The van der Waals surface area contributed by atoms with Crippen LogP contribution in [0.3, 0.4) is 0 Å². The molecule has 148 valence electrons. The molecule has 6 heteroatoms. The molecule has 1 unspecified atom stereocenters. The molecule has 1 aliphatic rings. The average Bonchev–Trinajstić information content (AvgIpc) is 3.12. The maximum Gasteiger partial charge on any atom is 0.191 e. The summed E-state index contributed by atoms with van der Waals surface area (Å²) in [5.74, 6) is 2.16. The Morgan fingerprint density at radius 3 is 2.85 bits per heavy atom. The maximum absolute atomic E-state index is 5.46. The summed E-state index contributed by atoms with van der Waals surface area (Å²) in [5.41, 5.74) is 1.06. The Morgan fingerprint density at radius 1 is 1.35 bits per heavy atom. The smallest absolute Gasteiger partial charge is 0.191 e. The van der Waals surface area contributed by atoms with E-state index in [1.807, 2.05) is 0 Å². The lowest BCUT2D eigenvalue weighted by Crippen LogP contribution is -2.41. The molecule has 0 amide bonds. The Balaban J connectivity index is 1.67. The first-order chi connectivity index (χ1) is 12.7. The summed E-state index contributed by atoms with van der Waals surface area (Å²) in [6.07, 6.45) is 7.38. The number of aromatic nitrogens is 1. The summed E-state index contributed by atoms with van der Waals surface area (Å²) in [4.78, 5) is 6.90. The predicted octanol–water partition coefficient (Wildman–Crippen LogP) is 3.51. The van der Waals surface area contributed by atoms with Gasteiger partial charge < -0.3 is 20.1 Å². The van der Waals surface area contributed by atoms with Gasteiger partial charge in [-0.2, -0.15) is 0 Å². The summed E-state index contributed by atoms with van der Waals surface area (Å²) in [6.45, 7) is 10.7. The highest BCUT2D eigenvalue weighted by Gasteiger charge is 2.17. The molecule has 1 aromatic rings. The number of hydrogen-bond donors (Lipinski definition) is 2. The van der Waals surface area contributed by atoms with Crippen molar-refractivity contribution in [3.05, 3.63) is 17.5 Å². The van der Waals surface area contributed by atoms with Gasteiger partial charge in [-0.15, -0.1) is 0 Å². The van der Waals surface area contributed by atoms with Crippen LogP contribution in [0, 0.1) is 0 Å². The van der Waals surface area contributed by atoms with Crippen LogP contribution >= 0.6 is 0 Å². The van der Waals surface area contributed by atoms with Crippen LogP contribution in [0.1, 0.15) is 76.7 Å². The molecule has 0 aliphatic carbocycles. The molecule has 1 fully saturated rings. The van der Waals surface area contributed by atoms with E-state index in [0.717, 1.165) is 55.8 Å². The van der Waals surface area contributed by atoms with E-state index >= 15 is 0 Å². The molecule has 0 bridgehead atoms. The molecule has 6 nitrogen and oxygen atoms in total. The molecule has 1 saturated heterocycles. The lowest BCUT2D eigenvalue weighted by Gasteiger charge is -2.33. The van der Waals surface area contributed by atoms with Crippen molar-refractivity contribution in [3.63, 3.8) is 0 Å². The third-order valence-corrected chi connectivity index (χ3v) is 5.49. The molecule has 1 atom stereocenters. The second kappa shape index (κ2) is 11.2. The summed E-state index contributed by atoms with van der Waals surface area (Å²) in [7, 11) is 1.80. The minimum absolute atomic E-state index is 0.488. The van der Waals surface area contributed by atoms with E-state index in [1.54, 1.807) is 7.05 Å². The highest BCUT2D eigenvalue weighted by molar-refractivity contribution is 5.79. The van der Waals surface area contributed by atoms with Crippen LogP contribution in [0.2, 0.25) is 0 Å². The third-order valence-electron chi connectivity index (χ3n) is 5.49. The van der Waals surface area contributed by atoms with Gasteiger partial charge in [-0.3, -0.25) is 4.99 Å². The van der Waals surface area contributed by atoms with Gasteiger partial charge in [0.1, 0.15) is 0 Å². The second-order valence-corrected chi connectivity index (χ2v) is 7.32. The van der Waals surface area contributed by atoms with Gasteiger partial charge in [0.2, 0.25) is 0 Å². The minimum Gasteiger partial charge on any atom is -0.359 e. The Kier molecular flexibility index (Phi) is 8.95. The van der Waals surface area contributed by atoms with Crippen molar-refractivity contribution in [1.29, 1.82) is 0 Å². The standard InChI is InChI=1S/C20H37N5O/c1-5-17(6-2)19-14-18(26-24-19)15-23-20(21-4)22-11-9-13-25-12-8-7-10-16(25)3/h14,16-17H,5-13,15H2,1-4H3,(H2,21,22,23). The van der Waals surface area contributed by atoms with Crippen molar-refractivity contribution >= 4 is 5.96 Å². The van der Waals surface area contributed by atoms with Crippen molar-refractivity contribution in [2.24, 2.45) is 4.99 Å². The number of nitrogens with zero attached hydrogens (tertiary/aromatic N) is 3. The number of piperidine rings is 1. The van der Waals surface area contributed by atoms with Crippen LogP contribution in [0.5, 0.6) is 0 Å². The molecule has 0 saturated carbocycles. The fourth-order valence-electron chi connectivity index (χ4n) is 3.68. The zero-order chi connectivity index (χ0) is 18.8. The van der Waals surface area contributed by atoms with Gasteiger partial charge >= 0.3 is 0 Å². The monoisotopic (exact) mass is 363 g/mol. The van der Waals surface area contributed by atoms with Crippen molar-refractivity contribution in [3.8, 4) is 0 Å². The Morgan fingerprint density at radius 2 is 2.15 bits per heavy atom. The predicted molar refractivity (Wildman–Crippen MR) is 108 cm³/mol. The van der Waals surface area contributed by atoms with Gasteiger partial charge in [0.05, 0.1) is 12.2 Å². The highest BCUT2D eigenvalue weighted by Crippen LogP contribution is 2.22. The van der Waals surface area contributed by atoms with Crippen LogP contribution in [0.15, 0.2) is 15.6 Å². The summed E-state index contributed by atoms with van der Waals surface area (Å²) in [6, 6.07) is 2.80. The first kappa shape index (κ1) is 20.7. The summed E-state index contributed by atoms with van der Waals surface area (Å²) < 4.78 is 5.46. The molecule has 1 aliphatic heterocycles. The fraction of sp³-hybridized carbons (Fsp3) is 0.800. The Bertz CT molecular complexity index is 538. The zero-order valence-electron chi connectivity index (χ0n) is 17.1. The number of aliphatic imine (C=N–C) groups is 1. The largest absolute Gasteiger partial charge is 0.359 e. The van der Waals surface area contributed by atoms with E-state index in [-0.39, 0.29) is 0 Å². The maximum atomic E-state index is 5.46. The zero-order valence-corrected chi connectivity index (χ0v) is 17.1. The number of likely N-dealkylation sites (tertiary alicyclic amines) is 1. The van der Waals surface area contributed by atoms with E-state index in [0.29, 0.717) is 12.5 Å².